The van der Waals surface area contributed by atoms with Gasteiger partial charge in [-0.25, -0.2) is 8.78 Å². The van der Waals surface area contributed by atoms with E-state index in [9.17, 15) is 8.78 Å². The van der Waals surface area contributed by atoms with Crippen LogP contribution < -0.4 is 5.32 Å². The van der Waals surface area contributed by atoms with Crippen LogP contribution in [0.3, 0.4) is 0 Å². The maximum absolute atomic E-state index is 13.7. The molecule has 3 heteroatoms. The molecule has 2 atom stereocenters. The first-order valence-electron chi connectivity index (χ1n) is 7.35. The van der Waals surface area contributed by atoms with Crippen molar-refractivity contribution in [3.05, 3.63) is 70.3 Å². The van der Waals surface area contributed by atoms with Crippen LogP contribution in [0.25, 0.3) is 0 Å². The molecule has 2 unspecified atom stereocenters. The highest BCUT2D eigenvalue weighted by atomic mass is 19.1. The van der Waals surface area contributed by atoms with Crippen molar-refractivity contribution in [3.8, 4) is 0 Å². The Morgan fingerprint density at radius 2 is 1.95 bits per heavy atom. The molecule has 1 aliphatic rings. The van der Waals surface area contributed by atoms with Crippen molar-refractivity contribution in [1.29, 1.82) is 0 Å². The molecule has 21 heavy (non-hydrogen) atoms. The van der Waals surface area contributed by atoms with Gasteiger partial charge in [0.25, 0.3) is 0 Å². The highest BCUT2D eigenvalue weighted by molar-refractivity contribution is 5.35. The quantitative estimate of drug-likeness (QED) is 0.869. The second-order valence-corrected chi connectivity index (χ2v) is 5.83. The molecule has 0 fully saturated rings. The zero-order valence-corrected chi connectivity index (χ0v) is 12.3. The molecule has 0 aromatic heterocycles. The predicted molar refractivity (Wildman–Crippen MR) is 80.1 cm³/mol. The Morgan fingerprint density at radius 3 is 2.71 bits per heavy atom. The molecule has 3 rings (SSSR count). The lowest BCUT2D eigenvalue weighted by molar-refractivity contribution is 0.463. The molecule has 0 aliphatic heterocycles. The van der Waals surface area contributed by atoms with E-state index >= 15 is 0 Å². The van der Waals surface area contributed by atoms with Crippen LogP contribution in [0, 0.1) is 18.6 Å². The van der Waals surface area contributed by atoms with E-state index in [0.29, 0.717) is 5.56 Å². The standard InChI is InChI=1S/C18H19F2N/c1-11-3-4-13(10-17(11)20)12(2)21-18-8-5-14-9-15(19)6-7-16(14)18/h3-4,6-7,9-10,12,18,21H,5,8H2,1-2H3. The first-order chi connectivity index (χ1) is 10.0. The molecule has 0 spiro atoms. The molecule has 0 saturated heterocycles. The van der Waals surface area contributed by atoms with Crippen LogP contribution in [0.15, 0.2) is 36.4 Å². The molecule has 2 aromatic carbocycles. The maximum atomic E-state index is 13.7. The summed E-state index contributed by atoms with van der Waals surface area (Å²) in [5.41, 5.74) is 3.84. The molecule has 0 amide bonds. The van der Waals surface area contributed by atoms with Crippen LogP contribution in [-0.2, 0) is 6.42 Å². The second kappa shape index (κ2) is 5.57. The van der Waals surface area contributed by atoms with Gasteiger partial charge in [0.2, 0.25) is 0 Å². The monoisotopic (exact) mass is 287 g/mol. The van der Waals surface area contributed by atoms with Crippen LogP contribution in [0.4, 0.5) is 8.78 Å². The third-order valence-corrected chi connectivity index (χ3v) is 4.33. The van der Waals surface area contributed by atoms with Crippen molar-refractivity contribution in [2.75, 3.05) is 0 Å². The molecule has 1 aliphatic carbocycles. The van der Waals surface area contributed by atoms with Crippen molar-refractivity contribution in [2.45, 2.75) is 38.8 Å². The third-order valence-electron chi connectivity index (χ3n) is 4.33. The zero-order valence-electron chi connectivity index (χ0n) is 12.3. The smallest absolute Gasteiger partial charge is 0.126 e. The van der Waals surface area contributed by atoms with Gasteiger partial charge < -0.3 is 5.32 Å². The maximum Gasteiger partial charge on any atom is 0.126 e. The first-order valence-corrected chi connectivity index (χ1v) is 7.35. The summed E-state index contributed by atoms with van der Waals surface area (Å²) < 4.78 is 26.9. The van der Waals surface area contributed by atoms with Crippen molar-refractivity contribution in [1.82, 2.24) is 5.32 Å². The summed E-state index contributed by atoms with van der Waals surface area (Å²) in [5.74, 6) is -0.349. The van der Waals surface area contributed by atoms with Gasteiger partial charge in [0, 0.05) is 12.1 Å². The van der Waals surface area contributed by atoms with E-state index < -0.39 is 0 Å². The molecule has 1 nitrogen and oxygen atoms in total. The Labute approximate surface area is 124 Å². The van der Waals surface area contributed by atoms with Gasteiger partial charge in [0.1, 0.15) is 11.6 Å². The summed E-state index contributed by atoms with van der Waals surface area (Å²) in [5, 5.41) is 3.53. The molecule has 0 bridgehead atoms. The van der Waals surface area contributed by atoms with E-state index in [1.54, 1.807) is 25.1 Å². The average Bonchev–Trinajstić information content (AvgIpc) is 2.84. The summed E-state index contributed by atoms with van der Waals surface area (Å²) in [6.45, 7) is 3.80. The van der Waals surface area contributed by atoms with Crippen LogP contribution in [0.2, 0.25) is 0 Å². The number of nitrogens with one attached hydrogen (secondary N) is 1. The summed E-state index contributed by atoms with van der Waals surface area (Å²) in [7, 11) is 0. The van der Waals surface area contributed by atoms with E-state index in [4.69, 9.17) is 0 Å². The van der Waals surface area contributed by atoms with Crippen molar-refractivity contribution >= 4 is 0 Å². The summed E-state index contributed by atoms with van der Waals surface area (Å²) in [6.07, 6.45) is 1.84. The van der Waals surface area contributed by atoms with Crippen LogP contribution in [0.5, 0.6) is 0 Å². The first kappa shape index (κ1) is 14.2. The van der Waals surface area contributed by atoms with Gasteiger partial charge in [-0.3, -0.25) is 0 Å². The van der Waals surface area contributed by atoms with Gasteiger partial charge in [-0.05, 0) is 67.1 Å². The fourth-order valence-electron chi connectivity index (χ4n) is 3.04. The fourth-order valence-corrected chi connectivity index (χ4v) is 3.04. The average molecular weight is 287 g/mol. The van der Waals surface area contributed by atoms with E-state index in [-0.39, 0.29) is 23.7 Å². The van der Waals surface area contributed by atoms with Crippen molar-refractivity contribution in [2.24, 2.45) is 0 Å². The molecule has 2 aromatic rings. The molecular formula is C18H19F2N. The topological polar surface area (TPSA) is 12.0 Å². The fraction of sp³-hybridized carbons (Fsp3) is 0.333. The van der Waals surface area contributed by atoms with Crippen LogP contribution >= 0.6 is 0 Å². The van der Waals surface area contributed by atoms with E-state index in [1.807, 2.05) is 19.1 Å². The van der Waals surface area contributed by atoms with Crippen LogP contribution in [0.1, 0.15) is 47.7 Å². The number of rotatable bonds is 3. The molecule has 0 heterocycles. The predicted octanol–water partition coefficient (Wildman–Crippen LogP) is 4.61. The largest absolute Gasteiger partial charge is 0.303 e. The lowest BCUT2D eigenvalue weighted by Gasteiger charge is -2.21. The van der Waals surface area contributed by atoms with E-state index in [2.05, 4.69) is 5.32 Å². The molecule has 0 radical (unpaired) electrons. The van der Waals surface area contributed by atoms with Gasteiger partial charge in [-0.15, -0.1) is 0 Å². The number of fused-ring (bicyclic) bond motifs is 1. The van der Waals surface area contributed by atoms with Gasteiger partial charge in [-0.2, -0.15) is 0 Å². The van der Waals surface area contributed by atoms with E-state index in [0.717, 1.165) is 29.5 Å². The summed E-state index contributed by atoms with van der Waals surface area (Å²) in [4.78, 5) is 0. The Hall–Kier alpha value is -1.74. The molecule has 1 N–H and O–H groups in total. The second-order valence-electron chi connectivity index (χ2n) is 5.83. The molecular weight excluding hydrogens is 268 g/mol. The summed E-state index contributed by atoms with van der Waals surface area (Å²) >= 11 is 0. The number of hydrogen-bond acceptors (Lipinski definition) is 1. The highest BCUT2D eigenvalue weighted by Crippen LogP contribution is 2.33. The number of hydrogen-bond donors (Lipinski definition) is 1. The van der Waals surface area contributed by atoms with Gasteiger partial charge in [-0.1, -0.05) is 18.2 Å². The van der Waals surface area contributed by atoms with Gasteiger partial charge >= 0.3 is 0 Å². The Balaban J connectivity index is 1.77. The van der Waals surface area contributed by atoms with E-state index in [1.165, 1.54) is 6.07 Å². The SMILES string of the molecule is Cc1ccc(C(C)NC2CCc3cc(F)ccc32)cc1F. The normalized spacial score (nSPS) is 18.6. The Bertz CT molecular complexity index is 666. The van der Waals surface area contributed by atoms with Crippen molar-refractivity contribution < 1.29 is 8.78 Å². The minimum atomic E-state index is -0.178. The van der Waals surface area contributed by atoms with Gasteiger partial charge in [0.15, 0.2) is 0 Å². The lowest BCUT2D eigenvalue weighted by atomic mass is 10.0. The minimum absolute atomic E-state index is 0.0566. The highest BCUT2D eigenvalue weighted by Gasteiger charge is 2.24. The lowest BCUT2D eigenvalue weighted by Crippen LogP contribution is -2.23. The number of halogens is 2. The molecule has 0 saturated carbocycles. The third kappa shape index (κ3) is 2.84. The number of benzene rings is 2. The Morgan fingerprint density at radius 1 is 1.14 bits per heavy atom. The molecule has 110 valence electrons. The minimum Gasteiger partial charge on any atom is -0.303 e. The zero-order chi connectivity index (χ0) is 15.0. The van der Waals surface area contributed by atoms with Gasteiger partial charge in [0.05, 0.1) is 0 Å². The number of aryl methyl sites for hydroxylation is 2. The summed E-state index contributed by atoms with van der Waals surface area (Å²) in [6, 6.07) is 10.6. The van der Waals surface area contributed by atoms with Crippen LogP contribution in [-0.4, -0.2) is 0 Å². The Kier molecular flexibility index (Phi) is 3.77. The van der Waals surface area contributed by atoms with Crippen molar-refractivity contribution in [3.63, 3.8) is 0 Å².